The third kappa shape index (κ3) is 3.68. The molecular weight excluding hydrogens is 344 g/mol. The smallest absolute Gasteiger partial charge is 0.244 e. The summed E-state index contributed by atoms with van der Waals surface area (Å²) in [5.74, 6) is 0. The van der Waals surface area contributed by atoms with Gasteiger partial charge in [0.15, 0.2) is 0 Å². The van der Waals surface area contributed by atoms with E-state index in [0.717, 1.165) is 17.7 Å². The molecule has 24 heavy (non-hydrogen) atoms. The van der Waals surface area contributed by atoms with Crippen molar-refractivity contribution < 1.29 is 13.2 Å². The van der Waals surface area contributed by atoms with Gasteiger partial charge in [-0.25, -0.2) is 8.42 Å². The highest BCUT2D eigenvalue weighted by molar-refractivity contribution is 7.89. The maximum absolute atomic E-state index is 13.1. The number of sulfonamides is 1. The van der Waals surface area contributed by atoms with Gasteiger partial charge in [0.2, 0.25) is 10.0 Å². The van der Waals surface area contributed by atoms with Crippen LogP contribution in [-0.4, -0.2) is 32.0 Å². The Morgan fingerprint density at radius 1 is 1.29 bits per heavy atom. The number of ether oxygens (including phenoxy) is 1. The number of nitrogens with zero attached hydrogens (tertiary/aromatic N) is 2. The molecule has 0 N–H and O–H groups in total. The molecule has 1 aliphatic rings. The van der Waals surface area contributed by atoms with Gasteiger partial charge in [-0.3, -0.25) is 0 Å². The van der Waals surface area contributed by atoms with Crippen molar-refractivity contribution in [3.8, 4) is 6.07 Å². The van der Waals surface area contributed by atoms with Crippen LogP contribution in [0.4, 0.5) is 0 Å². The second kappa shape index (κ2) is 7.45. The van der Waals surface area contributed by atoms with E-state index in [9.17, 15) is 13.7 Å². The Bertz CT molecular complexity index is 820. The highest BCUT2D eigenvalue weighted by Gasteiger charge is 2.31. The summed E-state index contributed by atoms with van der Waals surface area (Å²) in [6.07, 6.45) is 1.72. The predicted molar refractivity (Wildman–Crippen MR) is 92.0 cm³/mol. The first-order valence-electron chi connectivity index (χ1n) is 7.74. The molecule has 0 amide bonds. The van der Waals surface area contributed by atoms with Crippen molar-refractivity contribution >= 4 is 21.4 Å². The molecule has 0 saturated carbocycles. The molecule has 1 saturated heterocycles. The minimum Gasteiger partial charge on any atom is -0.377 e. The van der Waals surface area contributed by atoms with Crippen molar-refractivity contribution in [2.24, 2.45) is 0 Å². The van der Waals surface area contributed by atoms with Gasteiger partial charge in [-0.1, -0.05) is 18.2 Å². The van der Waals surface area contributed by atoms with Crippen molar-refractivity contribution in [3.05, 3.63) is 52.2 Å². The Balaban J connectivity index is 1.94. The van der Waals surface area contributed by atoms with Gasteiger partial charge in [0.25, 0.3) is 0 Å². The number of nitriles is 1. The highest BCUT2D eigenvalue weighted by atomic mass is 32.2. The van der Waals surface area contributed by atoms with Crippen LogP contribution in [0.15, 0.2) is 46.7 Å². The van der Waals surface area contributed by atoms with Gasteiger partial charge in [0, 0.05) is 24.6 Å². The fourth-order valence-corrected chi connectivity index (χ4v) is 5.16. The Morgan fingerprint density at radius 2 is 2.12 bits per heavy atom. The molecule has 3 rings (SSSR count). The van der Waals surface area contributed by atoms with Gasteiger partial charge in [-0.15, -0.1) is 11.3 Å². The molecule has 126 valence electrons. The van der Waals surface area contributed by atoms with Gasteiger partial charge >= 0.3 is 0 Å². The number of benzene rings is 1. The predicted octanol–water partition coefficient (Wildman–Crippen LogP) is 2.99. The average Bonchev–Trinajstić information content (AvgIpc) is 3.28. The lowest BCUT2D eigenvalue weighted by molar-refractivity contribution is 0.0927. The van der Waals surface area contributed by atoms with E-state index in [4.69, 9.17) is 4.74 Å². The molecule has 1 fully saturated rings. The normalized spacial score (nSPS) is 17.9. The van der Waals surface area contributed by atoms with Gasteiger partial charge < -0.3 is 4.74 Å². The van der Waals surface area contributed by atoms with Crippen LogP contribution in [0.3, 0.4) is 0 Å². The van der Waals surface area contributed by atoms with Crippen LogP contribution in [-0.2, 0) is 21.3 Å². The first kappa shape index (κ1) is 17.1. The number of hydrogen-bond donors (Lipinski definition) is 0. The zero-order valence-electron chi connectivity index (χ0n) is 13.1. The molecule has 0 radical (unpaired) electrons. The summed E-state index contributed by atoms with van der Waals surface area (Å²) < 4.78 is 33.4. The van der Waals surface area contributed by atoms with E-state index in [0.29, 0.717) is 19.7 Å². The molecule has 2 heterocycles. The Morgan fingerprint density at radius 3 is 2.79 bits per heavy atom. The summed E-state index contributed by atoms with van der Waals surface area (Å²) in [7, 11) is -3.77. The second-order valence-electron chi connectivity index (χ2n) is 5.62. The summed E-state index contributed by atoms with van der Waals surface area (Å²) in [6.45, 7) is 1.27. The fourth-order valence-electron chi connectivity index (χ4n) is 2.76. The van der Waals surface area contributed by atoms with E-state index in [1.807, 2.05) is 23.6 Å². The van der Waals surface area contributed by atoms with E-state index >= 15 is 0 Å². The lowest BCUT2D eigenvalue weighted by Crippen LogP contribution is -2.37. The summed E-state index contributed by atoms with van der Waals surface area (Å²) in [5, 5.41) is 11.2. The van der Waals surface area contributed by atoms with E-state index in [-0.39, 0.29) is 16.6 Å². The Kier molecular flexibility index (Phi) is 5.31. The average molecular weight is 362 g/mol. The molecule has 5 nitrogen and oxygen atoms in total. The third-order valence-corrected chi connectivity index (χ3v) is 6.70. The van der Waals surface area contributed by atoms with Crippen LogP contribution in [0.1, 0.15) is 23.3 Å². The molecular formula is C17H18N2O3S2. The zero-order chi connectivity index (χ0) is 17.0. The minimum absolute atomic E-state index is 0.0575. The van der Waals surface area contributed by atoms with Gasteiger partial charge in [-0.2, -0.15) is 9.57 Å². The van der Waals surface area contributed by atoms with E-state index < -0.39 is 10.0 Å². The highest BCUT2D eigenvalue weighted by Crippen LogP contribution is 2.25. The monoisotopic (exact) mass is 362 g/mol. The largest absolute Gasteiger partial charge is 0.377 e. The molecule has 1 aromatic heterocycles. The SMILES string of the molecule is N#Cc1ccccc1S(=O)(=O)N(Cc1cccs1)C[C@@H]1CCCO1. The second-order valence-corrected chi connectivity index (χ2v) is 8.56. The van der Waals surface area contributed by atoms with Gasteiger partial charge in [0.1, 0.15) is 6.07 Å². The summed E-state index contributed by atoms with van der Waals surface area (Å²) in [6, 6.07) is 12.1. The van der Waals surface area contributed by atoms with Crippen molar-refractivity contribution in [3.63, 3.8) is 0 Å². The topological polar surface area (TPSA) is 70.4 Å². The lowest BCUT2D eigenvalue weighted by Gasteiger charge is -2.24. The number of rotatable bonds is 6. The molecule has 0 bridgehead atoms. The quantitative estimate of drug-likeness (QED) is 0.792. The van der Waals surface area contributed by atoms with Crippen LogP contribution in [0.25, 0.3) is 0 Å². The van der Waals surface area contributed by atoms with Crippen molar-refractivity contribution in [1.82, 2.24) is 4.31 Å². The van der Waals surface area contributed by atoms with Crippen LogP contribution in [0.2, 0.25) is 0 Å². The third-order valence-electron chi connectivity index (χ3n) is 3.97. The van der Waals surface area contributed by atoms with Gasteiger partial charge in [0.05, 0.1) is 16.6 Å². The lowest BCUT2D eigenvalue weighted by atomic mass is 10.2. The van der Waals surface area contributed by atoms with Gasteiger partial charge in [-0.05, 0) is 36.4 Å². The number of thiophene rings is 1. The molecule has 1 aromatic carbocycles. The molecule has 1 atom stereocenters. The zero-order valence-corrected chi connectivity index (χ0v) is 14.7. The summed E-state index contributed by atoms with van der Waals surface area (Å²) in [5.41, 5.74) is 0.168. The van der Waals surface area contributed by atoms with Crippen molar-refractivity contribution in [2.45, 2.75) is 30.4 Å². The Hall–Kier alpha value is -1.72. The molecule has 7 heteroatoms. The minimum atomic E-state index is -3.77. The molecule has 0 spiro atoms. The van der Waals surface area contributed by atoms with Crippen molar-refractivity contribution in [1.29, 1.82) is 5.26 Å². The number of hydrogen-bond acceptors (Lipinski definition) is 5. The summed E-state index contributed by atoms with van der Waals surface area (Å²) in [4.78, 5) is 1.02. The van der Waals surface area contributed by atoms with Crippen LogP contribution in [0.5, 0.6) is 0 Å². The van der Waals surface area contributed by atoms with E-state index in [1.54, 1.807) is 12.1 Å². The maximum atomic E-state index is 13.1. The van der Waals surface area contributed by atoms with E-state index in [2.05, 4.69) is 0 Å². The standard InChI is InChI=1S/C17H18N2O3S2/c18-11-14-5-1-2-8-17(14)24(20,21)19(12-15-6-3-9-22-15)13-16-7-4-10-23-16/h1-2,4-5,7-8,10,15H,3,6,9,12-13H2/t15-/m0/s1. The van der Waals surface area contributed by atoms with E-state index in [1.165, 1.54) is 27.8 Å². The summed E-state index contributed by atoms with van der Waals surface area (Å²) >= 11 is 1.52. The molecule has 1 aliphatic heterocycles. The molecule has 2 aromatic rings. The maximum Gasteiger partial charge on any atom is 0.244 e. The first-order valence-corrected chi connectivity index (χ1v) is 10.1. The van der Waals surface area contributed by atoms with Crippen LogP contribution < -0.4 is 0 Å². The van der Waals surface area contributed by atoms with Crippen molar-refractivity contribution in [2.75, 3.05) is 13.2 Å². The first-order chi connectivity index (χ1) is 11.6. The molecule has 0 unspecified atom stereocenters. The Labute approximate surface area is 146 Å². The molecule has 0 aliphatic carbocycles. The van der Waals surface area contributed by atoms with Crippen LogP contribution in [0, 0.1) is 11.3 Å². The van der Waals surface area contributed by atoms with Crippen LogP contribution >= 0.6 is 11.3 Å². The fraction of sp³-hybridized carbons (Fsp3) is 0.353.